The van der Waals surface area contributed by atoms with E-state index in [4.69, 9.17) is 5.73 Å². The Bertz CT molecular complexity index is 675. The van der Waals surface area contributed by atoms with Gasteiger partial charge in [-0.2, -0.15) is 5.10 Å². The summed E-state index contributed by atoms with van der Waals surface area (Å²) in [5, 5.41) is 8.58. The molecule has 0 bridgehead atoms. The Morgan fingerprint density at radius 3 is 2.95 bits per heavy atom. The minimum atomic E-state index is 0.666. The third kappa shape index (κ3) is 2.35. The molecule has 0 atom stereocenters. The average Bonchev–Trinajstić information content (AvgIpc) is 2.94. The van der Waals surface area contributed by atoms with Gasteiger partial charge in [-0.25, -0.2) is 0 Å². The second-order valence-electron chi connectivity index (χ2n) is 4.30. The predicted molar refractivity (Wildman–Crippen MR) is 76.9 cm³/mol. The number of fused-ring (bicyclic) bond motifs is 1. The zero-order valence-corrected chi connectivity index (χ0v) is 10.5. The smallest absolute Gasteiger partial charge is 0.0743 e. The van der Waals surface area contributed by atoms with Crippen LogP contribution in [0.2, 0.25) is 0 Å². The normalized spacial score (nSPS) is 10.7. The summed E-state index contributed by atoms with van der Waals surface area (Å²) in [6, 6.07) is 9.87. The molecule has 0 amide bonds. The number of nitrogen functional groups attached to an aromatic ring is 1. The molecule has 3 N–H and O–H groups in total. The molecule has 19 heavy (non-hydrogen) atoms. The Labute approximate surface area is 111 Å². The van der Waals surface area contributed by atoms with E-state index in [0.29, 0.717) is 5.69 Å². The standard InChI is InChI=1S/C14H15N5/c15-12-10-17-13-5-2-1-4-11(13)14(12)16-7-9-19-8-3-6-18-19/h1-6,8,10H,7,9,15H2,(H,16,17). The molecule has 3 rings (SSSR count). The Balaban J connectivity index is 1.81. The van der Waals surface area contributed by atoms with Gasteiger partial charge in [-0.15, -0.1) is 0 Å². The van der Waals surface area contributed by atoms with Crippen LogP contribution in [0, 0.1) is 0 Å². The average molecular weight is 253 g/mol. The molecule has 3 aromatic rings. The van der Waals surface area contributed by atoms with Crippen molar-refractivity contribution in [1.29, 1.82) is 0 Å². The molecule has 1 aromatic carbocycles. The number of nitrogens with zero attached hydrogens (tertiary/aromatic N) is 3. The topological polar surface area (TPSA) is 68.8 Å². The second kappa shape index (κ2) is 4.97. The van der Waals surface area contributed by atoms with E-state index in [1.807, 2.05) is 41.2 Å². The third-order valence-corrected chi connectivity index (χ3v) is 3.01. The number of anilines is 2. The first-order valence-corrected chi connectivity index (χ1v) is 6.19. The van der Waals surface area contributed by atoms with Crippen molar-refractivity contribution in [2.24, 2.45) is 0 Å². The van der Waals surface area contributed by atoms with E-state index in [-0.39, 0.29) is 0 Å². The molecule has 0 saturated carbocycles. The maximum Gasteiger partial charge on any atom is 0.0743 e. The minimum absolute atomic E-state index is 0.666. The molecule has 0 spiro atoms. The van der Waals surface area contributed by atoms with E-state index in [0.717, 1.165) is 29.7 Å². The van der Waals surface area contributed by atoms with Crippen LogP contribution in [0.4, 0.5) is 11.4 Å². The largest absolute Gasteiger partial charge is 0.396 e. The Morgan fingerprint density at radius 2 is 2.11 bits per heavy atom. The number of aromatic nitrogens is 3. The van der Waals surface area contributed by atoms with Gasteiger partial charge in [-0.3, -0.25) is 9.67 Å². The van der Waals surface area contributed by atoms with Crippen molar-refractivity contribution in [1.82, 2.24) is 14.8 Å². The quantitative estimate of drug-likeness (QED) is 0.747. The van der Waals surface area contributed by atoms with Crippen molar-refractivity contribution in [3.8, 4) is 0 Å². The Kier molecular flexibility index (Phi) is 3.02. The SMILES string of the molecule is Nc1cnc2ccccc2c1NCCn1cccn1. The number of hydrogen-bond acceptors (Lipinski definition) is 4. The number of hydrogen-bond donors (Lipinski definition) is 2. The lowest BCUT2D eigenvalue weighted by Gasteiger charge is -2.12. The van der Waals surface area contributed by atoms with Gasteiger partial charge in [-0.1, -0.05) is 18.2 Å². The van der Waals surface area contributed by atoms with Gasteiger partial charge >= 0.3 is 0 Å². The number of rotatable bonds is 4. The highest BCUT2D eigenvalue weighted by molar-refractivity contribution is 5.96. The summed E-state index contributed by atoms with van der Waals surface area (Å²) in [5.74, 6) is 0. The number of pyridine rings is 1. The Hall–Kier alpha value is -2.56. The van der Waals surface area contributed by atoms with Crippen molar-refractivity contribution in [2.45, 2.75) is 6.54 Å². The molecular weight excluding hydrogens is 238 g/mol. The van der Waals surface area contributed by atoms with Crippen LogP contribution in [-0.2, 0) is 6.54 Å². The van der Waals surface area contributed by atoms with Gasteiger partial charge < -0.3 is 11.1 Å². The van der Waals surface area contributed by atoms with Gasteiger partial charge in [0.25, 0.3) is 0 Å². The van der Waals surface area contributed by atoms with E-state index in [1.54, 1.807) is 12.4 Å². The summed E-state index contributed by atoms with van der Waals surface area (Å²) in [4.78, 5) is 4.32. The number of benzene rings is 1. The van der Waals surface area contributed by atoms with Crippen LogP contribution < -0.4 is 11.1 Å². The van der Waals surface area contributed by atoms with Crippen molar-refractivity contribution < 1.29 is 0 Å². The molecule has 0 unspecified atom stereocenters. The lowest BCUT2D eigenvalue weighted by Crippen LogP contribution is -2.12. The minimum Gasteiger partial charge on any atom is -0.396 e. The van der Waals surface area contributed by atoms with Crippen LogP contribution in [-0.4, -0.2) is 21.3 Å². The molecule has 5 heteroatoms. The van der Waals surface area contributed by atoms with Crippen LogP contribution in [0.5, 0.6) is 0 Å². The summed E-state index contributed by atoms with van der Waals surface area (Å²) in [5.41, 5.74) is 8.55. The second-order valence-corrected chi connectivity index (χ2v) is 4.30. The highest BCUT2D eigenvalue weighted by Crippen LogP contribution is 2.27. The van der Waals surface area contributed by atoms with Crippen molar-refractivity contribution in [3.63, 3.8) is 0 Å². The molecule has 0 radical (unpaired) electrons. The lowest BCUT2D eigenvalue weighted by molar-refractivity contribution is 0.638. The summed E-state index contributed by atoms with van der Waals surface area (Å²) >= 11 is 0. The van der Waals surface area contributed by atoms with E-state index in [9.17, 15) is 0 Å². The molecule has 2 aromatic heterocycles. The summed E-state index contributed by atoms with van der Waals surface area (Å²) in [6.45, 7) is 1.56. The fraction of sp³-hybridized carbons (Fsp3) is 0.143. The third-order valence-electron chi connectivity index (χ3n) is 3.01. The number of nitrogens with two attached hydrogens (primary N) is 1. The van der Waals surface area contributed by atoms with Crippen LogP contribution in [0.25, 0.3) is 10.9 Å². The van der Waals surface area contributed by atoms with Gasteiger partial charge in [-0.05, 0) is 12.1 Å². The summed E-state index contributed by atoms with van der Waals surface area (Å²) < 4.78 is 1.88. The maximum atomic E-state index is 6.00. The van der Waals surface area contributed by atoms with E-state index in [2.05, 4.69) is 15.4 Å². The lowest BCUT2D eigenvalue weighted by atomic mass is 10.1. The fourth-order valence-electron chi connectivity index (χ4n) is 2.08. The molecule has 0 fully saturated rings. The maximum absolute atomic E-state index is 6.00. The molecule has 0 aliphatic rings. The van der Waals surface area contributed by atoms with Gasteiger partial charge in [0.2, 0.25) is 0 Å². The van der Waals surface area contributed by atoms with E-state index >= 15 is 0 Å². The van der Waals surface area contributed by atoms with E-state index < -0.39 is 0 Å². The van der Waals surface area contributed by atoms with Crippen molar-refractivity contribution >= 4 is 22.3 Å². The molecule has 2 heterocycles. The summed E-state index contributed by atoms with van der Waals surface area (Å²) in [7, 11) is 0. The first-order valence-electron chi connectivity index (χ1n) is 6.19. The predicted octanol–water partition coefficient (Wildman–Crippen LogP) is 2.13. The molecule has 0 aliphatic carbocycles. The first kappa shape index (κ1) is 11.5. The zero-order chi connectivity index (χ0) is 13.1. The number of para-hydroxylation sites is 1. The first-order chi connectivity index (χ1) is 9.34. The molecule has 0 aliphatic heterocycles. The van der Waals surface area contributed by atoms with Gasteiger partial charge in [0, 0.05) is 24.3 Å². The van der Waals surface area contributed by atoms with Gasteiger partial charge in [0.15, 0.2) is 0 Å². The summed E-state index contributed by atoms with van der Waals surface area (Å²) in [6.07, 6.45) is 5.41. The van der Waals surface area contributed by atoms with Gasteiger partial charge in [0.05, 0.1) is 29.6 Å². The van der Waals surface area contributed by atoms with Crippen molar-refractivity contribution in [3.05, 3.63) is 48.9 Å². The Morgan fingerprint density at radius 1 is 1.21 bits per heavy atom. The van der Waals surface area contributed by atoms with Crippen LogP contribution in [0.3, 0.4) is 0 Å². The van der Waals surface area contributed by atoms with Gasteiger partial charge in [0.1, 0.15) is 0 Å². The van der Waals surface area contributed by atoms with Crippen LogP contribution >= 0.6 is 0 Å². The zero-order valence-electron chi connectivity index (χ0n) is 10.5. The highest BCUT2D eigenvalue weighted by Gasteiger charge is 2.05. The monoisotopic (exact) mass is 253 g/mol. The fourth-order valence-corrected chi connectivity index (χ4v) is 2.08. The van der Waals surface area contributed by atoms with Crippen LogP contribution in [0.15, 0.2) is 48.9 Å². The van der Waals surface area contributed by atoms with Crippen LogP contribution in [0.1, 0.15) is 0 Å². The molecular formula is C14H15N5. The van der Waals surface area contributed by atoms with E-state index in [1.165, 1.54) is 0 Å². The highest BCUT2D eigenvalue weighted by atomic mass is 15.3. The molecule has 0 saturated heterocycles. The number of nitrogens with one attached hydrogen (secondary N) is 1. The molecule has 5 nitrogen and oxygen atoms in total. The molecule has 96 valence electrons. The van der Waals surface area contributed by atoms with Crippen molar-refractivity contribution in [2.75, 3.05) is 17.6 Å².